The van der Waals surface area contributed by atoms with E-state index in [1.807, 2.05) is 30.3 Å². The lowest BCUT2D eigenvalue weighted by Gasteiger charge is -2.06. The number of hydrogen-bond acceptors (Lipinski definition) is 2. The molecule has 3 rings (SSSR count). The SMILES string of the molecule is COC(=O)c1c(-c2ccccc2)c(C)n2c1CCC2. The molecule has 98 valence electrons. The summed E-state index contributed by atoms with van der Waals surface area (Å²) < 4.78 is 7.24. The Kier molecular flexibility index (Phi) is 2.90. The summed E-state index contributed by atoms with van der Waals surface area (Å²) in [4.78, 5) is 12.1. The van der Waals surface area contributed by atoms with Crippen molar-refractivity contribution in [2.24, 2.45) is 0 Å². The van der Waals surface area contributed by atoms with E-state index in [1.54, 1.807) is 0 Å². The summed E-state index contributed by atoms with van der Waals surface area (Å²) in [6, 6.07) is 10.1. The van der Waals surface area contributed by atoms with Crippen molar-refractivity contribution in [1.82, 2.24) is 4.57 Å². The highest BCUT2D eigenvalue weighted by Crippen LogP contribution is 2.36. The normalized spacial score (nSPS) is 13.4. The Hall–Kier alpha value is -2.03. The molecule has 0 unspecified atom stereocenters. The van der Waals surface area contributed by atoms with E-state index in [9.17, 15) is 4.79 Å². The monoisotopic (exact) mass is 255 g/mol. The van der Waals surface area contributed by atoms with Gasteiger partial charge in [-0.15, -0.1) is 0 Å². The molecule has 0 radical (unpaired) electrons. The number of methoxy groups -OCH3 is 1. The molecule has 19 heavy (non-hydrogen) atoms. The largest absolute Gasteiger partial charge is 0.465 e. The number of esters is 1. The van der Waals surface area contributed by atoms with Crippen LogP contribution >= 0.6 is 0 Å². The van der Waals surface area contributed by atoms with Gasteiger partial charge in [0.25, 0.3) is 0 Å². The van der Waals surface area contributed by atoms with Crippen LogP contribution < -0.4 is 0 Å². The maximum atomic E-state index is 12.1. The predicted octanol–water partition coefficient (Wildman–Crippen LogP) is 3.20. The summed E-state index contributed by atoms with van der Waals surface area (Å²) in [5.74, 6) is -0.224. The molecule has 0 spiro atoms. The second kappa shape index (κ2) is 4.57. The van der Waals surface area contributed by atoms with Gasteiger partial charge in [-0.2, -0.15) is 0 Å². The highest BCUT2D eigenvalue weighted by molar-refractivity contribution is 6.00. The van der Waals surface area contributed by atoms with Gasteiger partial charge < -0.3 is 9.30 Å². The molecule has 0 N–H and O–H groups in total. The number of rotatable bonds is 2. The Labute approximate surface area is 112 Å². The first-order chi connectivity index (χ1) is 9.24. The minimum atomic E-state index is -0.224. The second-order valence-electron chi connectivity index (χ2n) is 4.89. The fourth-order valence-electron chi connectivity index (χ4n) is 3.04. The van der Waals surface area contributed by atoms with Crippen molar-refractivity contribution in [3.63, 3.8) is 0 Å². The van der Waals surface area contributed by atoms with Crippen molar-refractivity contribution < 1.29 is 9.53 Å². The van der Waals surface area contributed by atoms with E-state index in [-0.39, 0.29) is 5.97 Å². The van der Waals surface area contributed by atoms with E-state index in [1.165, 1.54) is 12.8 Å². The smallest absolute Gasteiger partial charge is 0.340 e. The first kappa shape index (κ1) is 12.0. The molecule has 3 nitrogen and oxygen atoms in total. The van der Waals surface area contributed by atoms with Gasteiger partial charge in [0.15, 0.2) is 0 Å². The first-order valence-electron chi connectivity index (χ1n) is 6.59. The van der Waals surface area contributed by atoms with E-state index >= 15 is 0 Å². The lowest BCUT2D eigenvalue weighted by atomic mass is 9.99. The van der Waals surface area contributed by atoms with Gasteiger partial charge in [-0.1, -0.05) is 30.3 Å². The van der Waals surface area contributed by atoms with Gasteiger partial charge in [-0.05, 0) is 25.3 Å². The molecule has 0 bridgehead atoms. The van der Waals surface area contributed by atoms with Gasteiger partial charge in [0.2, 0.25) is 0 Å². The van der Waals surface area contributed by atoms with E-state index in [2.05, 4.69) is 11.5 Å². The highest BCUT2D eigenvalue weighted by Gasteiger charge is 2.28. The van der Waals surface area contributed by atoms with Crippen LogP contribution in [0.15, 0.2) is 30.3 Å². The van der Waals surface area contributed by atoms with Crippen molar-refractivity contribution in [2.75, 3.05) is 7.11 Å². The van der Waals surface area contributed by atoms with Crippen LogP contribution in [0.3, 0.4) is 0 Å². The van der Waals surface area contributed by atoms with Crippen LogP contribution in [0.1, 0.15) is 28.2 Å². The summed E-state index contributed by atoms with van der Waals surface area (Å²) in [5.41, 5.74) is 5.16. The number of carbonyl (C=O) groups is 1. The maximum Gasteiger partial charge on any atom is 0.340 e. The van der Waals surface area contributed by atoms with Gasteiger partial charge in [-0.25, -0.2) is 4.79 Å². The van der Waals surface area contributed by atoms with Crippen LogP contribution in [0.25, 0.3) is 11.1 Å². The van der Waals surface area contributed by atoms with Crippen molar-refractivity contribution in [3.8, 4) is 11.1 Å². The van der Waals surface area contributed by atoms with Crippen LogP contribution in [0.4, 0.5) is 0 Å². The quantitative estimate of drug-likeness (QED) is 0.772. The molecule has 0 saturated carbocycles. The Bertz CT molecular complexity index is 626. The van der Waals surface area contributed by atoms with Crippen LogP contribution in [-0.4, -0.2) is 17.6 Å². The van der Waals surface area contributed by atoms with Crippen molar-refractivity contribution >= 4 is 5.97 Å². The Morgan fingerprint density at radius 2 is 2.00 bits per heavy atom. The fourth-order valence-corrected chi connectivity index (χ4v) is 3.04. The number of aromatic nitrogens is 1. The number of hydrogen-bond donors (Lipinski definition) is 0. The second-order valence-corrected chi connectivity index (χ2v) is 4.89. The lowest BCUT2D eigenvalue weighted by molar-refractivity contribution is 0.0600. The molecule has 2 heterocycles. The van der Waals surface area contributed by atoms with Gasteiger partial charge in [0, 0.05) is 23.5 Å². The summed E-state index contributed by atoms with van der Waals surface area (Å²) in [6.45, 7) is 3.08. The Balaban J connectivity index is 2.27. The Morgan fingerprint density at radius 1 is 1.26 bits per heavy atom. The highest BCUT2D eigenvalue weighted by atomic mass is 16.5. The molecule has 0 fully saturated rings. The number of benzene rings is 1. The van der Waals surface area contributed by atoms with Gasteiger partial charge in [0.05, 0.1) is 12.7 Å². The van der Waals surface area contributed by atoms with E-state index < -0.39 is 0 Å². The third kappa shape index (κ3) is 1.77. The average Bonchev–Trinajstić information content (AvgIpc) is 3.01. The number of carbonyl (C=O) groups excluding carboxylic acids is 1. The molecule has 0 atom stereocenters. The number of nitrogens with zero attached hydrogens (tertiary/aromatic N) is 1. The van der Waals surface area contributed by atoms with Crippen LogP contribution in [0.5, 0.6) is 0 Å². The zero-order valence-electron chi connectivity index (χ0n) is 11.3. The predicted molar refractivity (Wildman–Crippen MR) is 74.3 cm³/mol. The molecule has 0 aliphatic carbocycles. The van der Waals surface area contributed by atoms with Gasteiger partial charge in [-0.3, -0.25) is 0 Å². The van der Waals surface area contributed by atoms with Crippen molar-refractivity contribution in [1.29, 1.82) is 0 Å². The summed E-state index contributed by atoms with van der Waals surface area (Å²) >= 11 is 0. The molecule has 2 aromatic rings. The lowest BCUT2D eigenvalue weighted by Crippen LogP contribution is -2.05. The van der Waals surface area contributed by atoms with Gasteiger partial charge in [0.1, 0.15) is 0 Å². The molecule has 3 heteroatoms. The zero-order valence-corrected chi connectivity index (χ0v) is 11.3. The van der Waals surface area contributed by atoms with E-state index in [0.717, 1.165) is 41.8 Å². The molecule has 0 amide bonds. The molecular weight excluding hydrogens is 238 g/mol. The first-order valence-corrected chi connectivity index (χ1v) is 6.59. The molecule has 1 aromatic carbocycles. The summed E-state index contributed by atoms with van der Waals surface area (Å²) in [7, 11) is 1.45. The maximum absolute atomic E-state index is 12.1. The molecule has 0 saturated heterocycles. The van der Waals surface area contributed by atoms with E-state index in [4.69, 9.17) is 4.74 Å². The molecule has 1 aliphatic heterocycles. The molecule has 1 aromatic heterocycles. The summed E-state index contributed by atoms with van der Waals surface area (Å²) in [6.07, 6.45) is 2.06. The van der Waals surface area contributed by atoms with Crippen LogP contribution in [0, 0.1) is 6.92 Å². The fraction of sp³-hybridized carbons (Fsp3) is 0.312. The van der Waals surface area contributed by atoms with Crippen LogP contribution in [0.2, 0.25) is 0 Å². The van der Waals surface area contributed by atoms with Crippen molar-refractivity contribution in [2.45, 2.75) is 26.3 Å². The number of ether oxygens (including phenoxy) is 1. The molecular formula is C16H17NO2. The Morgan fingerprint density at radius 3 is 2.68 bits per heavy atom. The topological polar surface area (TPSA) is 31.2 Å². The summed E-state index contributed by atoms with van der Waals surface area (Å²) in [5, 5.41) is 0. The average molecular weight is 255 g/mol. The van der Waals surface area contributed by atoms with Gasteiger partial charge >= 0.3 is 5.97 Å². The minimum absolute atomic E-state index is 0.224. The van der Waals surface area contributed by atoms with E-state index in [0.29, 0.717) is 0 Å². The minimum Gasteiger partial charge on any atom is -0.465 e. The zero-order chi connectivity index (χ0) is 13.4. The standard InChI is InChI=1S/C16H17NO2/c1-11-14(12-7-4-3-5-8-12)15(16(18)19-2)13-9-6-10-17(11)13/h3-5,7-8H,6,9-10H2,1-2H3. The number of fused-ring (bicyclic) bond motifs is 1. The third-order valence-electron chi connectivity index (χ3n) is 3.88. The third-order valence-corrected chi connectivity index (χ3v) is 3.88. The van der Waals surface area contributed by atoms with Crippen LogP contribution in [-0.2, 0) is 17.7 Å². The molecule has 1 aliphatic rings. The van der Waals surface area contributed by atoms with Crippen molar-refractivity contribution in [3.05, 3.63) is 47.3 Å².